The summed E-state index contributed by atoms with van der Waals surface area (Å²) in [5, 5.41) is 0. The van der Waals surface area contributed by atoms with Gasteiger partial charge in [0.25, 0.3) is 0 Å². The van der Waals surface area contributed by atoms with Crippen molar-refractivity contribution in [3.8, 4) is 17.2 Å². The summed E-state index contributed by atoms with van der Waals surface area (Å²) in [6.45, 7) is 6.51. The number of methoxy groups -OCH3 is 1. The predicted molar refractivity (Wildman–Crippen MR) is 104 cm³/mol. The molecular formula is C22H28O5. The quantitative estimate of drug-likeness (QED) is 0.573. The van der Waals surface area contributed by atoms with Crippen molar-refractivity contribution in [2.45, 2.75) is 46.3 Å². The highest BCUT2D eigenvalue weighted by Crippen LogP contribution is 2.40. The average Bonchev–Trinajstić information content (AvgIpc) is 2.66. The van der Waals surface area contributed by atoms with Crippen molar-refractivity contribution in [2.75, 3.05) is 13.7 Å². The molecule has 0 unspecified atom stereocenters. The molecular weight excluding hydrogens is 344 g/mol. The van der Waals surface area contributed by atoms with E-state index in [1.807, 2.05) is 56.3 Å². The Kier molecular flexibility index (Phi) is 7.99. The summed E-state index contributed by atoms with van der Waals surface area (Å²) in [7, 11) is 1.60. The van der Waals surface area contributed by atoms with Gasteiger partial charge in [0.15, 0.2) is 11.5 Å². The summed E-state index contributed by atoms with van der Waals surface area (Å²) in [6, 6.07) is 13.7. The molecule has 0 aliphatic carbocycles. The van der Waals surface area contributed by atoms with E-state index in [4.69, 9.17) is 18.9 Å². The Labute approximate surface area is 161 Å². The number of benzene rings is 2. The highest BCUT2D eigenvalue weighted by Gasteiger charge is 2.17. The van der Waals surface area contributed by atoms with Crippen LogP contribution in [-0.4, -0.2) is 25.8 Å². The van der Waals surface area contributed by atoms with Crippen LogP contribution in [0.3, 0.4) is 0 Å². The topological polar surface area (TPSA) is 54.0 Å². The number of esters is 1. The molecule has 0 amide bonds. The minimum Gasteiger partial charge on any atom is -0.493 e. The first-order valence-corrected chi connectivity index (χ1v) is 9.23. The van der Waals surface area contributed by atoms with E-state index in [9.17, 15) is 4.79 Å². The summed E-state index contributed by atoms with van der Waals surface area (Å²) in [5.41, 5.74) is 1.99. The summed E-state index contributed by atoms with van der Waals surface area (Å²) in [4.78, 5) is 11.7. The molecule has 0 saturated carbocycles. The van der Waals surface area contributed by atoms with E-state index >= 15 is 0 Å². The van der Waals surface area contributed by atoms with Crippen LogP contribution < -0.4 is 14.2 Å². The van der Waals surface area contributed by atoms with Crippen molar-refractivity contribution in [1.82, 2.24) is 0 Å². The zero-order valence-corrected chi connectivity index (χ0v) is 16.5. The van der Waals surface area contributed by atoms with Crippen LogP contribution in [0.15, 0.2) is 42.5 Å². The zero-order valence-electron chi connectivity index (χ0n) is 16.5. The Morgan fingerprint density at radius 1 is 1.04 bits per heavy atom. The van der Waals surface area contributed by atoms with Crippen molar-refractivity contribution in [3.63, 3.8) is 0 Å². The van der Waals surface area contributed by atoms with Crippen molar-refractivity contribution in [3.05, 3.63) is 53.6 Å². The molecule has 2 aromatic carbocycles. The van der Waals surface area contributed by atoms with Crippen LogP contribution in [0.25, 0.3) is 0 Å². The third-order valence-corrected chi connectivity index (χ3v) is 3.81. The SMILES string of the molecule is CCOC(=O)CCc1cc(OC)c(OC(C)C)c(OCc2ccccc2)c1. The molecule has 0 atom stereocenters. The van der Waals surface area contributed by atoms with Gasteiger partial charge in [-0.15, -0.1) is 0 Å². The first-order chi connectivity index (χ1) is 13.0. The van der Waals surface area contributed by atoms with Gasteiger partial charge in [0.2, 0.25) is 5.75 Å². The second kappa shape index (κ2) is 10.5. The van der Waals surface area contributed by atoms with E-state index in [0.29, 0.717) is 43.3 Å². The van der Waals surface area contributed by atoms with E-state index in [-0.39, 0.29) is 12.1 Å². The molecule has 0 N–H and O–H groups in total. The van der Waals surface area contributed by atoms with Gasteiger partial charge >= 0.3 is 5.97 Å². The van der Waals surface area contributed by atoms with Gasteiger partial charge in [0.05, 0.1) is 19.8 Å². The van der Waals surface area contributed by atoms with Gasteiger partial charge in [0, 0.05) is 6.42 Å². The monoisotopic (exact) mass is 372 g/mol. The maximum absolute atomic E-state index is 11.7. The third-order valence-electron chi connectivity index (χ3n) is 3.81. The van der Waals surface area contributed by atoms with Gasteiger partial charge in [-0.25, -0.2) is 0 Å². The minimum atomic E-state index is -0.217. The molecule has 146 valence electrons. The first kappa shape index (κ1) is 20.6. The summed E-state index contributed by atoms with van der Waals surface area (Å²) in [5.74, 6) is 1.55. The average molecular weight is 372 g/mol. The molecule has 5 nitrogen and oxygen atoms in total. The standard InChI is InChI=1S/C22H28O5/c1-5-25-21(23)12-11-18-13-19(24-4)22(27-16(2)3)20(14-18)26-15-17-9-7-6-8-10-17/h6-10,13-14,16H,5,11-12,15H2,1-4H3. The van der Waals surface area contributed by atoms with Crippen LogP contribution in [-0.2, 0) is 22.6 Å². The van der Waals surface area contributed by atoms with Crippen LogP contribution in [0.1, 0.15) is 38.3 Å². The highest BCUT2D eigenvalue weighted by atomic mass is 16.5. The van der Waals surface area contributed by atoms with Crippen molar-refractivity contribution in [1.29, 1.82) is 0 Å². The number of hydrogen-bond donors (Lipinski definition) is 0. The molecule has 0 aliphatic heterocycles. The summed E-state index contributed by atoms with van der Waals surface area (Å²) >= 11 is 0. The largest absolute Gasteiger partial charge is 0.493 e. The Morgan fingerprint density at radius 2 is 1.74 bits per heavy atom. The maximum Gasteiger partial charge on any atom is 0.306 e. The number of aryl methyl sites for hydroxylation is 1. The molecule has 0 fully saturated rings. The van der Waals surface area contributed by atoms with Gasteiger partial charge in [-0.05, 0) is 50.5 Å². The van der Waals surface area contributed by atoms with Crippen molar-refractivity contribution < 1.29 is 23.7 Å². The fraction of sp³-hybridized carbons (Fsp3) is 0.409. The lowest BCUT2D eigenvalue weighted by Gasteiger charge is -2.19. The van der Waals surface area contributed by atoms with Crippen molar-refractivity contribution in [2.24, 2.45) is 0 Å². The molecule has 0 bridgehead atoms. The lowest BCUT2D eigenvalue weighted by Crippen LogP contribution is -2.10. The molecule has 0 heterocycles. The zero-order chi connectivity index (χ0) is 19.6. The minimum absolute atomic E-state index is 0.0247. The van der Waals surface area contributed by atoms with E-state index < -0.39 is 0 Å². The Balaban J connectivity index is 2.24. The lowest BCUT2D eigenvalue weighted by atomic mass is 10.1. The Bertz CT molecular complexity index is 725. The van der Waals surface area contributed by atoms with E-state index in [0.717, 1.165) is 11.1 Å². The van der Waals surface area contributed by atoms with Crippen LogP contribution in [0.5, 0.6) is 17.2 Å². The second-order valence-corrected chi connectivity index (χ2v) is 6.37. The third kappa shape index (κ3) is 6.51. The fourth-order valence-electron chi connectivity index (χ4n) is 2.60. The molecule has 2 rings (SSSR count). The van der Waals surface area contributed by atoms with Crippen LogP contribution in [0.4, 0.5) is 0 Å². The van der Waals surface area contributed by atoms with Crippen LogP contribution >= 0.6 is 0 Å². The molecule has 0 radical (unpaired) electrons. The Hall–Kier alpha value is -2.69. The number of carbonyl (C=O) groups excluding carboxylic acids is 1. The molecule has 0 aromatic heterocycles. The maximum atomic E-state index is 11.7. The smallest absolute Gasteiger partial charge is 0.306 e. The molecule has 27 heavy (non-hydrogen) atoms. The number of rotatable bonds is 10. The second-order valence-electron chi connectivity index (χ2n) is 6.37. The van der Waals surface area contributed by atoms with Gasteiger partial charge in [-0.3, -0.25) is 4.79 Å². The first-order valence-electron chi connectivity index (χ1n) is 9.23. The van der Waals surface area contributed by atoms with E-state index in [2.05, 4.69) is 0 Å². The van der Waals surface area contributed by atoms with Gasteiger partial charge < -0.3 is 18.9 Å². The van der Waals surface area contributed by atoms with Crippen molar-refractivity contribution >= 4 is 5.97 Å². The van der Waals surface area contributed by atoms with Crippen LogP contribution in [0, 0.1) is 0 Å². The normalized spacial score (nSPS) is 10.6. The van der Waals surface area contributed by atoms with Gasteiger partial charge in [0.1, 0.15) is 6.61 Å². The fourth-order valence-corrected chi connectivity index (χ4v) is 2.60. The number of hydrogen-bond acceptors (Lipinski definition) is 5. The van der Waals surface area contributed by atoms with Crippen LogP contribution in [0.2, 0.25) is 0 Å². The Morgan fingerprint density at radius 3 is 2.37 bits per heavy atom. The molecule has 2 aromatic rings. The molecule has 0 saturated heterocycles. The molecule has 5 heteroatoms. The highest BCUT2D eigenvalue weighted by molar-refractivity contribution is 5.69. The van der Waals surface area contributed by atoms with E-state index in [1.54, 1.807) is 14.0 Å². The predicted octanol–water partition coefficient (Wildman–Crippen LogP) is 4.56. The van der Waals surface area contributed by atoms with Gasteiger partial charge in [-0.1, -0.05) is 30.3 Å². The number of ether oxygens (including phenoxy) is 4. The summed E-state index contributed by atoms with van der Waals surface area (Å²) < 4.78 is 22.5. The summed E-state index contributed by atoms with van der Waals surface area (Å²) in [6.07, 6.45) is 0.821. The van der Waals surface area contributed by atoms with E-state index in [1.165, 1.54) is 0 Å². The lowest BCUT2D eigenvalue weighted by molar-refractivity contribution is -0.143. The van der Waals surface area contributed by atoms with Gasteiger partial charge in [-0.2, -0.15) is 0 Å². The molecule has 0 spiro atoms. The number of carbonyl (C=O) groups is 1. The molecule has 0 aliphatic rings.